The fourth-order valence-corrected chi connectivity index (χ4v) is 3.98. The van der Waals surface area contributed by atoms with Gasteiger partial charge in [-0.1, -0.05) is 24.3 Å². The number of hydrogen-bond donors (Lipinski definition) is 1. The molecular formula is C25H18F3N3O2. The molecule has 0 saturated carbocycles. The molecule has 0 bridgehead atoms. The van der Waals surface area contributed by atoms with Crippen molar-refractivity contribution in [1.82, 2.24) is 4.98 Å². The van der Waals surface area contributed by atoms with E-state index in [1.54, 1.807) is 6.20 Å². The average Bonchev–Trinajstić information content (AvgIpc) is 3.14. The van der Waals surface area contributed by atoms with Crippen molar-refractivity contribution in [2.45, 2.75) is 19.5 Å². The average molecular weight is 449 g/mol. The van der Waals surface area contributed by atoms with Crippen LogP contribution in [0, 0.1) is 0 Å². The minimum atomic E-state index is -4.76. The van der Waals surface area contributed by atoms with Crippen LogP contribution < -0.4 is 15.0 Å². The van der Waals surface area contributed by atoms with E-state index in [1.807, 2.05) is 42.5 Å². The second kappa shape index (κ2) is 8.12. The number of carbonyl (C=O) groups is 1. The number of halogens is 3. The highest BCUT2D eigenvalue weighted by Crippen LogP contribution is 2.34. The molecule has 5 rings (SSSR count). The molecule has 0 fully saturated rings. The van der Waals surface area contributed by atoms with Crippen LogP contribution in [0.15, 0.2) is 79.0 Å². The summed E-state index contributed by atoms with van der Waals surface area (Å²) in [7, 11) is 0. The van der Waals surface area contributed by atoms with Gasteiger partial charge in [0.25, 0.3) is 5.91 Å². The van der Waals surface area contributed by atoms with Crippen molar-refractivity contribution in [3.63, 3.8) is 0 Å². The Balaban J connectivity index is 1.34. The van der Waals surface area contributed by atoms with Gasteiger partial charge >= 0.3 is 6.36 Å². The number of pyridine rings is 1. The number of nitrogens with zero attached hydrogens (tertiary/aromatic N) is 2. The van der Waals surface area contributed by atoms with E-state index in [2.05, 4.69) is 21.1 Å². The lowest BCUT2D eigenvalue weighted by Gasteiger charge is -2.17. The maximum Gasteiger partial charge on any atom is 0.573 e. The fraction of sp³-hybridized carbons (Fsp3) is 0.120. The summed E-state index contributed by atoms with van der Waals surface area (Å²) in [5.74, 6) is -0.538. The zero-order valence-electron chi connectivity index (χ0n) is 17.3. The van der Waals surface area contributed by atoms with Gasteiger partial charge in [0.1, 0.15) is 5.75 Å². The quantitative estimate of drug-likeness (QED) is 0.412. The Morgan fingerprint density at radius 1 is 1.00 bits per heavy atom. The monoisotopic (exact) mass is 449 g/mol. The van der Waals surface area contributed by atoms with E-state index < -0.39 is 6.36 Å². The summed E-state index contributed by atoms with van der Waals surface area (Å²) in [5.41, 5.74) is 4.59. The van der Waals surface area contributed by atoms with Crippen LogP contribution in [-0.2, 0) is 13.1 Å². The molecule has 33 heavy (non-hydrogen) atoms. The second-order valence-corrected chi connectivity index (χ2v) is 7.66. The van der Waals surface area contributed by atoms with Crippen LogP contribution in [0.1, 0.15) is 21.5 Å². The Morgan fingerprint density at radius 2 is 1.82 bits per heavy atom. The van der Waals surface area contributed by atoms with Gasteiger partial charge in [0.05, 0.1) is 17.6 Å². The van der Waals surface area contributed by atoms with E-state index in [-0.39, 0.29) is 11.7 Å². The SMILES string of the molecule is O=C1c2c(cccc2NCc2ccc3ncccc3c2)CN1c1ccc(OC(F)(F)F)cc1. The molecule has 0 spiro atoms. The molecule has 3 aromatic carbocycles. The second-order valence-electron chi connectivity index (χ2n) is 7.66. The highest BCUT2D eigenvalue weighted by molar-refractivity contribution is 6.13. The van der Waals surface area contributed by atoms with Crippen LogP contribution in [-0.4, -0.2) is 17.3 Å². The van der Waals surface area contributed by atoms with Gasteiger partial charge in [-0.15, -0.1) is 13.2 Å². The lowest BCUT2D eigenvalue weighted by molar-refractivity contribution is -0.274. The first-order valence-corrected chi connectivity index (χ1v) is 10.2. The Morgan fingerprint density at radius 3 is 2.61 bits per heavy atom. The maximum atomic E-state index is 13.2. The highest BCUT2D eigenvalue weighted by atomic mass is 19.4. The zero-order valence-corrected chi connectivity index (χ0v) is 17.3. The number of benzene rings is 3. The standard InChI is InChI=1S/C25H18F3N3O2/c26-25(27,28)33-20-9-7-19(8-10-20)31-15-18-3-1-5-22(23(18)24(31)32)30-14-16-6-11-21-17(13-16)4-2-12-29-21/h1-13,30H,14-15H2. The van der Waals surface area contributed by atoms with Crippen molar-refractivity contribution in [2.24, 2.45) is 0 Å². The van der Waals surface area contributed by atoms with Crippen LogP contribution in [0.5, 0.6) is 5.75 Å². The molecule has 5 nitrogen and oxygen atoms in total. The Bertz CT molecular complexity index is 1340. The first-order chi connectivity index (χ1) is 15.9. The van der Waals surface area contributed by atoms with Crippen molar-refractivity contribution in [2.75, 3.05) is 10.2 Å². The predicted molar refractivity (Wildman–Crippen MR) is 119 cm³/mol. The van der Waals surface area contributed by atoms with Crippen molar-refractivity contribution in [1.29, 1.82) is 0 Å². The molecule has 1 aromatic heterocycles. The number of hydrogen-bond acceptors (Lipinski definition) is 4. The third kappa shape index (κ3) is 4.32. The van der Waals surface area contributed by atoms with Crippen LogP contribution >= 0.6 is 0 Å². The van der Waals surface area contributed by atoms with Crippen molar-refractivity contribution in [3.8, 4) is 5.75 Å². The molecule has 1 aliphatic heterocycles. The number of alkyl halides is 3. The molecule has 0 aliphatic carbocycles. The smallest absolute Gasteiger partial charge is 0.406 e. The summed E-state index contributed by atoms with van der Waals surface area (Å²) in [6.07, 6.45) is -3.01. The number of carbonyl (C=O) groups excluding carboxylic acids is 1. The van der Waals surface area contributed by atoms with Crippen molar-refractivity contribution in [3.05, 3.63) is 95.7 Å². The number of anilines is 2. The third-order valence-electron chi connectivity index (χ3n) is 5.47. The summed E-state index contributed by atoms with van der Waals surface area (Å²) >= 11 is 0. The molecule has 0 unspecified atom stereocenters. The summed E-state index contributed by atoms with van der Waals surface area (Å²) < 4.78 is 41.1. The van der Waals surface area contributed by atoms with Gasteiger partial charge in [0, 0.05) is 29.5 Å². The van der Waals surface area contributed by atoms with Gasteiger partial charge in [0.2, 0.25) is 0 Å². The number of ether oxygens (including phenoxy) is 1. The van der Waals surface area contributed by atoms with E-state index in [9.17, 15) is 18.0 Å². The summed E-state index contributed by atoms with van der Waals surface area (Å²) in [6, 6.07) is 20.8. The Labute approximate surface area is 187 Å². The van der Waals surface area contributed by atoms with Crippen molar-refractivity contribution < 1.29 is 22.7 Å². The van der Waals surface area contributed by atoms with Gasteiger partial charge in [0.15, 0.2) is 0 Å². The van der Waals surface area contributed by atoms with Crippen LogP contribution in [0.2, 0.25) is 0 Å². The molecule has 4 aromatic rings. The van der Waals surface area contributed by atoms with E-state index >= 15 is 0 Å². The highest BCUT2D eigenvalue weighted by Gasteiger charge is 2.33. The van der Waals surface area contributed by atoms with E-state index in [0.29, 0.717) is 30.0 Å². The third-order valence-corrected chi connectivity index (χ3v) is 5.47. The number of rotatable bonds is 5. The maximum absolute atomic E-state index is 13.2. The van der Waals surface area contributed by atoms with E-state index in [0.717, 1.165) is 22.0 Å². The molecule has 1 amide bonds. The number of nitrogens with one attached hydrogen (secondary N) is 1. The predicted octanol–water partition coefficient (Wildman–Crippen LogP) is 5.91. The zero-order chi connectivity index (χ0) is 23.0. The first kappa shape index (κ1) is 20.8. The molecule has 0 atom stereocenters. The number of amides is 1. The Kier molecular flexibility index (Phi) is 5.12. The van der Waals surface area contributed by atoms with Gasteiger partial charge in [-0.2, -0.15) is 0 Å². The minimum absolute atomic E-state index is 0.208. The summed E-state index contributed by atoms with van der Waals surface area (Å²) in [5, 5.41) is 4.39. The lowest BCUT2D eigenvalue weighted by Crippen LogP contribution is -2.23. The molecule has 166 valence electrons. The molecule has 0 radical (unpaired) electrons. The topological polar surface area (TPSA) is 54.5 Å². The van der Waals surface area contributed by atoms with Crippen LogP contribution in [0.25, 0.3) is 10.9 Å². The molecule has 0 saturated heterocycles. The normalized spacial score (nSPS) is 13.3. The number of aromatic nitrogens is 1. The fourth-order valence-electron chi connectivity index (χ4n) is 3.98. The molecule has 8 heteroatoms. The lowest BCUT2D eigenvalue weighted by atomic mass is 10.1. The first-order valence-electron chi connectivity index (χ1n) is 10.2. The largest absolute Gasteiger partial charge is 0.573 e. The van der Waals surface area contributed by atoms with Gasteiger partial charge < -0.3 is 15.0 Å². The van der Waals surface area contributed by atoms with E-state index in [4.69, 9.17) is 0 Å². The number of fused-ring (bicyclic) bond motifs is 2. The van der Waals surface area contributed by atoms with Gasteiger partial charge in [-0.05, 0) is 59.7 Å². The van der Waals surface area contributed by atoms with Gasteiger partial charge in [-0.3, -0.25) is 9.78 Å². The summed E-state index contributed by atoms with van der Waals surface area (Å²) in [6.45, 7) is 0.864. The summed E-state index contributed by atoms with van der Waals surface area (Å²) in [4.78, 5) is 19.0. The molecule has 1 aliphatic rings. The van der Waals surface area contributed by atoms with Crippen LogP contribution in [0.3, 0.4) is 0 Å². The minimum Gasteiger partial charge on any atom is -0.406 e. The van der Waals surface area contributed by atoms with Crippen molar-refractivity contribution >= 4 is 28.2 Å². The molecule has 2 heterocycles. The van der Waals surface area contributed by atoms with E-state index in [1.165, 1.54) is 29.2 Å². The molecule has 1 N–H and O–H groups in total. The van der Waals surface area contributed by atoms with Crippen LogP contribution in [0.4, 0.5) is 24.5 Å². The van der Waals surface area contributed by atoms with Gasteiger partial charge in [-0.25, -0.2) is 0 Å². The molecular weight excluding hydrogens is 431 g/mol. The Hall–Kier alpha value is -4.07.